The zero-order chi connectivity index (χ0) is 22.6. The van der Waals surface area contributed by atoms with Gasteiger partial charge in [-0.25, -0.2) is 4.79 Å². The molecule has 1 aliphatic carbocycles. The molecule has 2 aromatic carbocycles. The second-order valence-electron chi connectivity index (χ2n) is 9.46. The molecule has 0 saturated heterocycles. The molecule has 1 fully saturated rings. The Morgan fingerprint density at radius 1 is 0.968 bits per heavy atom. The summed E-state index contributed by atoms with van der Waals surface area (Å²) in [5.41, 5.74) is 5.26. The molecule has 0 bridgehead atoms. The molecule has 0 atom stereocenters. The second-order valence-corrected chi connectivity index (χ2v) is 9.46. The van der Waals surface area contributed by atoms with Crippen molar-refractivity contribution in [3.05, 3.63) is 77.5 Å². The Morgan fingerprint density at radius 2 is 1.58 bits per heavy atom. The number of hydrogen-bond donors (Lipinski definition) is 1. The lowest BCUT2D eigenvalue weighted by Gasteiger charge is -2.42. The van der Waals surface area contributed by atoms with Gasteiger partial charge in [0.1, 0.15) is 0 Å². The van der Waals surface area contributed by atoms with E-state index in [9.17, 15) is 9.59 Å². The van der Waals surface area contributed by atoms with Gasteiger partial charge in [-0.3, -0.25) is 4.79 Å². The van der Waals surface area contributed by atoms with Gasteiger partial charge in [-0.1, -0.05) is 54.6 Å². The summed E-state index contributed by atoms with van der Waals surface area (Å²) in [6.07, 6.45) is 4.68. The summed E-state index contributed by atoms with van der Waals surface area (Å²) in [6, 6.07) is 17.3. The first-order valence-electron chi connectivity index (χ1n) is 10.7. The van der Waals surface area contributed by atoms with Crippen molar-refractivity contribution in [2.24, 2.45) is 5.41 Å². The van der Waals surface area contributed by atoms with Gasteiger partial charge in [-0.15, -0.1) is 5.48 Å². The van der Waals surface area contributed by atoms with Crippen LogP contribution in [0.15, 0.2) is 60.8 Å². The molecular weight excluding hydrogens is 388 g/mol. The molecule has 31 heavy (non-hydrogen) atoms. The third kappa shape index (κ3) is 5.23. The fraction of sp³-hybridized carbons (Fsp3) is 0.385. The number of hydrogen-bond acceptors (Lipinski definition) is 5. The number of nitrogens with zero attached hydrogens (tertiary/aromatic N) is 1. The molecule has 164 valence electrons. The first-order valence-corrected chi connectivity index (χ1v) is 10.7. The van der Waals surface area contributed by atoms with Crippen molar-refractivity contribution in [2.75, 3.05) is 14.1 Å². The van der Waals surface area contributed by atoms with Gasteiger partial charge in [0.2, 0.25) is 0 Å². The molecule has 0 spiro atoms. The van der Waals surface area contributed by atoms with E-state index >= 15 is 0 Å². The summed E-state index contributed by atoms with van der Waals surface area (Å²) in [6.45, 7) is 5.49. The van der Waals surface area contributed by atoms with Crippen molar-refractivity contribution in [3.63, 3.8) is 0 Å². The van der Waals surface area contributed by atoms with Crippen LogP contribution in [-0.4, -0.2) is 30.7 Å². The maximum absolute atomic E-state index is 13.3. The number of hydroxylamine groups is 1. The van der Waals surface area contributed by atoms with Crippen molar-refractivity contribution in [3.8, 4) is 0 Å². The lowest BCUT2D eigenvalue weighted by Crippen LogP contribution is -2.49. The molecule has 0 aromatic heterocycles. The van der Waals surface area contributed by atoms with E-state index in [1.807, 2.05) is 101 Å². The molecule has 0 radical (unpaired) electrons. The van der Waals surface area contributed by atoms with Crippen LogP contribution in [0.25, 0.3) is 5.57 Å². The van der Waals surface area contributed by atoms with Crippen LogP contribution >= 0.6 is 0 Å². The Balaban J connectivity index is 1.81. The highest BCUT2D eigenvalue weighted by Crippen LogP contribution is 2.41. The number of allylic oxidation sites excluding steroid dienone is 1. The highest BCUT2D eigenvalue weighted by atomic mass is 16.7. The second kappa shape index (κ2) is 9.06. The number of benzene rings is 2. The Labute approximate surface area is 185 Å². The summed E-state index contributed by atoms with van der Waals surface area (Å²) in [5.74, 6) is -0.312. The summed E-state index contributed by atoms with van der Waals surface area (Å²) >= 11 is 0. The molecule has 2 aromatic rings. The lowest BCUT2D eigenvalue weighted by atomic mass is 9.72. The fourth-order valence-electron chi connectivity index (χ4n) is 3.51. The smallest absolute Gasteiger partial charge is 0.330 e. The van der Waals surface area contributed by atoms with Crippen molar-refractivity contribution in [1.82, 2.24) is 10.4 Å². The molecule has 5 heteroatoms. The van der Waals surface area contributed by atoms with Crippen molar-refractivity contribution >= 4 is 17.3 Å². The zero-order valence-electron chi connectivity index (χ0n) is 19.1. The Bertz CT molecular complexity index is 950. The van der Waals surface area contributed by atoms with E-state index in [4.69, 9.17) is 4.84 Å². The minimum Gasteiger partial charge on any atom is -0.383 e. The number of ketones is 1. The summed E-state index contributed by atoms with van der Waals surface area (Å²) < 4.78 is 0. The van der Waals surface area contributed by atoms with Gasteiger partial charge in [-0.05, 0) is 51.2 Å². The van der Waals surface area contributed by atoms with E-state index in [0.29, 0.717) is 11.1 Å². The quantitative estimate of drug-likeness (QED) is 0.390. The SMILES string of the molecule is CN(C)C=C(C(=O)c1ccc(C2(NOC(=O)C(C)(C)C)CCC2)cc1)c1ccccc1. The number of carbonyl (C=O) groups excluding carboxylic acids is 2. The van der Waals surface area contributed by atoms with E-state index in [1.165, 1.54) is 0 Å². The molecule has 0 unspecified atom stereocenters. The topological polar surface area (TPSA) is 58.6 Å². The van der Waals surface area contributed by atoms with Crippen LogP contribution in [0.5, 0.6) is 0 Å². The van der Waals surface area contributed by atoms with Crippen LogP contribution in [-0.2, 0) is 15.2 Å². The molecule has 1 saturated carbocycles. The summed E-state index contributed by atoms with van der Waals surface area (Å²) in [4.78, 5) is 32.8. The summed E-state index contributed by atoms with van der Waals surface area (Å²) in [5, 5.41) is 0. The minimum absolute atomic E-state index is 0.0266. The number of Topliss-reactive ketones (excluding diaryl/α,β-unsaturated/α-hetero) is 1. The normalized spacial score (nSPS) is 15.7. The van der Waals surface area contributed by atoms with Crippen LogP contribution in [0.1, 0.15) is 61.5 Å². The Morgan fingerprint density at radius 3 is 2.06 bits per heavy atom. The van der Waals surface area contributed by atoms with Gasteiger partial charge in [0.15, 0.2) is 5.78 Å². The maximum Gasteiger partial charge on any atom is 0.330 e. The van der Waals surface area contributed by atoms with E-state index in [-0.39, 0.29) is 17.3 Å². The van der Waals surface area contributed by atoms with Gasteiger partial charge in [0.25, 0.3) is 0 Å². The third-order valence-electron chi connectivity index (χ3n) is 5.57. The molecule has 0 heterocycles. The van der Waals surface area contributed by atoms with Crippen LogP contribution < -0.4 is 5.48 Å². The fourth-order valence-corrected chi connectivity index (χ4v) is 3.51. The Kier molecular flexibility index (Phi) is 6.65. The molecule has 1 aliphatic rings. The van der Waals surface area contributed by atoms with Gasteiger partial charge in [0, 0.05) is 31.4 Å². The molecule has 0 aliphatic heterocycles. The van der Waals surface area contributed by atoms with Crippen LogP contribution in [0, 0.1) is 5.41 Å². The van der Waals surface area contributed by atoms with Gasteiger partial charge in [0.05, 0.1) is 11.0 Å². The van der Waals surface area contributed by atoms with Crippen molar-refractivity contribution in [2.45, 2.75) is 45.6 Å². The highest BCUT2D eigenvalue weighted by Gasteiger charge is 2.41. The Hall–Kier alpha value is -2.92. The molecule has 0 amide bonds. The van der Waals surface area contributed by atoms with Gasteiger partial charge >= 0.3 is 5.97 Å². The zero-order valence-corrected chi connectivity index (χ0v) is 19.1. The largest absolute Gasteiger partial charge is 0.383 e. The molecule has 3 rings (SSSR count). The summed E-state index contributed by atoms with van der Waals surface area (Å²) in [7, 11) is 3.81. The standard InChI is InChI=1S/C26H32N2O3/c1-25(2,3)24(30)31-27-26(16-9-17-26)21-14-12-20(13-15-21)23(29)22(18-28(4)5)19-10-7-6-8-11-19/h6-8,10-15,18,27H,9,16-17H2,1-5H3. The van der Waals surface area contributed by atoms with Crippen molar-refractivity contribution in [1.29, 1.82) is 0 Å². The van der Waals surface area contributed by atoms with E-state index in [0.717, 1.165) is 30.4 Å². The van der Waals surface area contributed by atoms with Crippen LogP contribution in [0.4, 0.5) is 0 Å². The van der Waals surface area contributed by atoms with Gasteiger partial charge in [-0.2, -0.15) is 0 Å². The van der Waals surface area contributed by atoms with Crippen LogP contribution in [0.3, 0.4) is 0 Å². The predicted octanol–water partition coefficient (Wildman–Crippen LogP) is 4.95. The first kappa shape index (κ1) is 22.8. The maximum atomic E-state index is 13.3. The van der Waals surface area contributed by atoms with E-state index < -0.39 is 5.41 Å². The molecular formula is C26H32N2O3. The average Bonchev–Trinajstić information content (AvgIpc) is 2.71. The van der Waals surface area contributed by atoms with Crippen molar-refractivity contribution < 1.29 is 14.4 Å². The first-order chi connectivity index (χ1) is 14.6. The highest BCUT2D eigenvalue weighted by molar-refractivity contribution is 6.28. The number of nitrogens with one attached hydrogen (secondary N) is 1. The number of carbonyl (C=O) groups is 2. The minimum atomic E-state index is -0.569. The van der Waals surface area contributed by atoms with Crippen LogP contribution in [0.2, 0.25) is 0 Å². The predicted molar refractivity (Wildman–Crippen MR) is 123 cm³/mol. The van der Waals surface area contributed by atoms with E-state index in [2.05, 4.69) is 5.48 Å². The van der Waals surface area contributed by atoms with Gasteiger partial charge < -0.3 is 9.74 Å². The third-order valence-corrected chi connectivity index (χ3v) is 5.57. The van der Waals surface area contributed by atoms with E-state index in [1.54, 1.807) is 0 Å². The monoisotopic (exact) mass is 420 g/mol. The molecule has 1 N–H and O–H groups in total. The lowest BCUT2D eigenvalue weighted by molar-refractivity contribution is -0.169. The average molecular weight is 421 g/mol. The number of rotatable bonds is 7. The molecule has 5 nitrogen and oxygen atoms in total.